The van der Waals surface area contributed by atoms with Crippen molar-refractivity contribution in [1.29, 1.82) is 0 Å². The molecule has 0 atom stereocenters. The number of urea groups is 1. The van der Waals surface area contributed by atoms with Gasteiger partial charge in [-0.25, -0.2) is 4.79 Å². The number of Topliss-reactive ketones (excluding diaryl/α,β-unsaturated/α-hetero) is 1. The number of anilines is 2. The van der Waals surface area contributed by atoms with Gasteiger partial charge in [0.05, 0.1) is 0 Å². The molecule has 0 radical (unpaired) electrons. The molecule has 3 amide bonds. The first-order chi connectivity index (χ1) is 14.6. The van der Waals surface area contributed by atoms with Crippen molar-refractivity contribution < 1.29 is 14.4 Å². The Balaban J connectivity index is 1.56. The van der Waals surface area contributed by atoms with Crippen LogP contribution in [0.1, 0.15) is 48.4 Å². The average molecular weight is 423 g/mol. The number of nitrogens with zero attached hydrogens (tertiary/aromatic N) is 2. The van der Waals surface area contributed by atoms with Gasteiger partial charge in [0, 0.05) is 54.2 Å². The van der Waals surface area contributed by atoms with Crippen LogP contribution in [0, 0.1) is 0 Å². The van der Waals surface area contributed by atoms with Crippen LogP contribution >= 0.6 is 0 Å². The molecule has 1 heterocycles. The maximum atomic E-state index is 12.7. The molecule has 0 aliphatic carbocycles. The summed E-state index contributed by atoms with van der Waals surface area (Å²) < 4.78 is 0. The van der Waals surface area contributed by atoms with Crippen molar-refractivity contribution in [2.24, 2.45) is 0 Å². The van der Waals surface area contributed by atoms with Gasteiger partial charge < -0.3 is 20.4 Å². The lowest BCUT2D eigenvalue weighted by Crippen LogP contribution is -2.50. The third-order valence-corrected chi connectivity index (χ3v) is 5.07. The molecule has 1 fully saturated rings. The number of nitrogens with one attached hydrogen (secondary N) is 2. The molecule has 1 aliphatic heterocycles. The molecule has 2 aromatic rings. The number of hydrogen-bond acceptors (Lipinski definition) is 4. The second kappa shape index (κ2) is 9.20. The van der Waals surface area contributed by atoms with Crippen LogP contribution in [-0.4, -0.2) is 54.3 Å². The Hall–Kier alpha value is -3.35. The number of carbonyl (C=O) groups excluding carboxylic acids is 3. The van der Waals surface area contributed by atoms with Gasteiger partial charge >= 0.3 is 6.03 Å². The van der Waals surface area contributed by atoms with Crippen LogP contribution in [-0.2, 0) is 0 Å². The van der Waals surface area contributed by atoms with Crippen LogP contribution < -0.4 is 15.5 Å². The van der Waals surface area contributed by atoms with Crippen LogP contribution in [0.15, 0.2) is 48.5 Å². The predicted octanol–water partition coefficient (Wildman–Crippen LogP) is 3.77. The highest BCUT2D eigenvalue weighted by Gasteiger charge is 2.22. The fourth-order valence-electron chi connectivity index (χ4n) is 3.43. The van der Waals surface area contributed by atoms with E-state index in [0.29, 0.717) is 43.0 Å². The maximum absolute atomic E-state index is 12.7. The molecule has 1 aliphatic rings. The smallest absolute Gasteiger partial charge is 0.321 e. The minimum absolute atomic E-state index is 0.0491. The van der Waals surface area contributed by atoms with Crippen LogP contribution in [0.25, 0.3) is 0 Å². The quantitative estimate of drug-likeness (QED) is 0.735. The van der Waals surface area contributed by atoms with E-state index < -0.39 is 0 Å². The molecule has 7 nitrogen and oxygen atoms in total. The number of carbonyl (C=O) groups is 3. The zero-order chi connectivity index (χ0) is 22.6. The normalized spacial score (nSPS) is 14.2. The van der Waals surface area contributed by atoms with Gasteiger partial charge in [-0.1, -0.05) is 6.07 Å². The lowest BCUT2D eigenvalue weighted by atomic mass is 10.1. The minimum atomic E-state index is -0.331. The van der Waals surface area contributed by atoms with Gasteiger partial charge in [-0.2, -0.15) is 0 Å². The van der Waals surface area contributed by atoms with Crippen LogP contribution in [0.2, 0.25) is 0 Å². The van der Waals surface area contributed by atoms with Crippen molar-refractivity contribution in [3.63, 3.8) is 0 Å². The van der Waals surface area contributed by atoms with E-state index in [4.69, 9.17) is 0 Å². The SMILES string of the molecule is CC(=O)c1ccc(N2CCN(C(=O)Nc3cccc(C(=O)NC(C)(C)C)c3)CC2)cc1. The van der Waals surface area contributed by atoms with Crippen molar-refractivity contribution in [1.82, 2.24) is 10.2 Å². The lowest BCUT2D eigenvalue weighted by Gasteiger charge is -2.36. The van der Waals surface area contributed by atoms with Gasteiger partial charge in [0.1, 0.15) is 0 Å². The zero-order valence-corrected chi connectivity index (χ0v) is 18.6. The summed E-state index contributed by atoms with van der Waals surface area (Å²) in [5.74, 6) is -0.124. The number of hydrogen-bond donors (Lipinski definition) is 2. The second-order valence-electron chi connectivity index (χ2n) is 8.79. The Morgan fingerprint density at radius 2 is 1.52 bits per heavy atom. The standard InChI is InChI=1S/C24H30N4O3/c1-17(29)18-8-10-21(11-9-18)27-12-14-28(15-13-27)23(31)25-20-7-5-6-19(16-20)22(30)26-24(2,3)4/h5-11,16H,12-15H2,1-4H3,(H,25,31)(H,26,30). The minimum Gasteiger partial charge on any atom is -0.368 e. The van der Waals surface area contributed by atoms with Crippen molar-refractivity contribution in [3.8, 4) is 0 Å². The van der Waals surface area contributed by atoms with Crippen molar-refractivity contribution in [2.45, 2.75) is 33.2 Å². The first kappa shape index (κ1) is 22.3. The highest BCUT2D eigenvalue weighted by Crippen LogP contribution is 2.19. The molecular weight excluding hydrogens is 392 g/mol. The number of piperazine rings is 1. The molecule has 0 bridgehead atoms. The molecule has 2 N–H and O–H groups in total. The fraction of sp³-hybridized carbons (Fsp3) is 0.375. The maximum Gasteiger partial charge on any atom is 0.321 e. The van der Waals surface area contributed by atoms with Crippen molar-refractivity contribution >= 4 is 29.1 Å². The number of amides is 3. The van der Waals surface area contributed by atoms with E-state index in [1.54, 1.807) is 36.1 Å². The highest BCUT2D eigenvalue weighted by molar-refractivity contribution is 5.97. The molecule has 0 aromatic heterocycles. The molecule has 0 spiro atoms. The van der Waals surface area contributed by atoms with Gasteiger partial charge in [-0.05, 0) is 70.2 Å². The first-order valence-corrected chi connectivity index (χ1v) is 10.5. The van der Waals surface area contributed by atoms with E-state index in [2.05, 4.69) is 15.5 Å². The summed E-state index contributed by atoms with van der Waals surface area (Å²) in [7, 11) is 0. The van der Waals surface area contributed by atoms with Crippen LogP contribution in [0.3, 0.4) is 0 Å². The summed E-state index contributed by atoms with van der Waals surface area (Å²) in [5.41, 5.74) is 2.51. The van der Waals surface area contributed by atoms with E-state index in [9.17, 15) is 14.4 Å². The summed E-state index contributed by atoms with van der Waals surface area (Å²) in [6, 6.07) is 14.3. The van der Waals surface area contributed by atoms with Crippen molar-refractivity contribution in [2.75, 3.05) is 36.4 Å². The van der Waals surface area contributed by atoms with Crippen LogP contribution in [0.5, 0.6) is 0 Å². The predicted molar refractivity (Wildman–Crippen MR) is 123 cm³/mol. The average Bonchev–Trinajstić information content (AvgIpc) is 2.73. The number of benzene rings is 2. The Labute approximate surface area is 183 Å². The van der Waals surface area contributed by atoms with E-state index in [0.717, 1.165) is 5.69 Å². The largest absolute Gasteiger partial charge is 0.368 e. The molecule has 2 aromatic carbocycles. The molecule has 7 heteroatoms. The van der Waals surface area contributed by atoms with Gasteiger partial charge in [-0.15, -0.1) is 0 Å². The monoisotopic (exact) mass is 422 g/mol. The molecule has 1 saturated heterocycles. The summed E-state index contributed by atoms with van der Waals surface area (Å²) in [6.07, 6.45) is 0. The molecule has 0 saturated carbocycles. The molecule has 31 heavy (non-hydrogen) atoms. The van der Waals surface area contributed by atoms with E-state index in [1.807, 2.05) is 45.0 Å². The van der Waals surface area contributed by atoms with Crippen LogP contribution in [0.4, 0.5) is 16.2 Å². The second-order valence-corrected chi connectivity index (χ2v) is 8.79. The Bertz CT molecular complexity index is 956. The highest BCUT2D eigenvalue weighted by atomic mass is 16.2. The molecular formula is C24H30N4O3. The summed E-state index contributed by atoms with van der Waals surface area (Å²) in [6.45, 7) is 9.92. The number of rotatable bonds is 4. The molecule has 164 valence electrons. The van der Waals surface area contributed by atoms with Gasteiger partial charge in [-0.3, -0.25) is 9.59 Å². The fourth-order valence-corrected chi connectivity index (χ4v) is 3.43. The van der Waals surface area contributed by atoms with Crippen molar-refractivity contribution in [3.05, 3.63) is 59.7 Å². The lowest BCUT2D eigenvalue weighted by molar-refractivity contribution is 0.0918. The summed E-state index contributed by atoms with van der Waals surface area (Å²) in [4.78, 5) is 40.5. The zero-order valence-electron chi connectivity index (χ0n) is 18.6. The van der Waals surface area contributed by atoms with Gasteiger partial charge in [0.15, 0.2) is 5.78 Å². The van der Waals surface area contributed by atoms with E-state index >= 15 is 0 Å². The first-order valence-electron chi connectivity index (χ1n) is 10.5. The Kier molecular flexibility index (Phi) is 6.63. The summed E-state index contributed by atoms with van der Waals surface area (Å²) in [5, 5.41) is 5.82. The third kappa shape index (κ3) is 6.07. The molecule has 3 rings (SSSR count). The number of ketones is 1. The Morgan fingerprint density at radius 1 is 0.871 bits per heavy atom. The molecule has 0 unspecified atom stereocenters. The van der Waals surface area contributed by atoms with Gasteiger partial charge in [0.25, 0.3) is 5.91 Å². The third-order valence-electron chi connectivity index (χ3n) is 5.07. The topological polar surface area (TPSA) is 81.8 Å². The summed E-state index contributed by atoms with van der Waals surface area (Å²) >= 11 is 0. The van der Waals surface area contributed by atoms with Gasteiger partial charge in [0.2, 0.25) is 0 Å². The van der Waals surface area contributed by atoms with E-state index in [1.165, 1.54) is 0 Å². The Morgan fingerprint density at radius 3 is 2.10 bits per heavy atom. The van der Waals surface area contributed by atoms with E-state index in [-0.39, 0.29) is 23.3 Å².